The lowest BCUT2D eigenvalue weighted by molar-refractivity contribution is 0.0946. The Hall–Kier alpha value is -0.650. The molecule has 1 aromatic rings. The highest BCUT2D eigenvalue weighted by atomic mass is 79.9. The number of piperidine rings is 1. The normalized spacial score (nSPS) is 28.2. The molecule has 0 aromatic heterocycles. The number of carbonyl (C=O) groups is 1. The van der Waals surface area contributed by atoms with E-state index in [0.29, 0.717) is 27.9 Å². The van der Waals surface area contributed by atoms with E-state index in [1.807, 2.05) is 0 Å². The van der Waals surface area contributed by atoms with Gasteiger partial charge in [0.1, 0.15) is 5.82 Å². The fraction of sp³-hybridized carbons (Fsp3) is 0.417. The largest absolute Gasteiger partial charge is 0.349 e. The number of rotatable bonds is 2. The Morgan fingerprint density at radius 3 is 2.67 bits per heavy atom. The summed E-state index contributed by atoms with van der Waals surface area (Å²) in [5.74, 6) is 0.688. The zero-order valence-electron chi connectivity index (χ0n) is 9.45. The average Bonchev–Trinajstić information content (AvgIpc) is 2.74. The molecule has 3 nitrogen and oxygen atoms in total. The van der Waals surface area contributed by atoms with Crippen LogP contribution in [0.15, 0.2) is 22.7 Å². The lowest BCUT2D eigenvalue weighted by atomic mass is 10.2. The predicted octanol–water partition coefficient (Wildman–Crippen LogP) is 1.96. The van der Waals surface area contributed by atoms with Crippen molar-refractivity contribution in [2.75, 3.05) is 13.1 Å². The maximum Gasteiger partial charge on any atom is 0.252 e. The van der Waals surface area contributed by atoms with Crippen molar-refractivity contribution in [2.45, 2.75) is 6.04 Å². The van der Waals surface area contributed by atoms with Crippen LogP contribution >= 0.6 is 28.3 Å². The molecule has 1 amide bonds. The Morgan fingerprint density at radius 2 is 2.06 bits per heavy atom. The lowest BCUT2D eigenvalue weighted by Crippen LogP contribution is -2.32. The molecule has 2 N–H and O–H groups in total. The summed E-state index contributed by atoms with van der Waals surface area (Å²) in [6.07, 6.45) is 0. The molecule has 2 aliphatic rings. The lowest BCUT2D eigenvalue weighted by Gasteiger charge is -2.09. The molecule has 1 aromatic carbocycles. The summed E-state index contributed by atoms with van der Waals surface area (Å²) in [7, 11) is 0. The van der Waals surface area contributed by atoms with E-state index in [9.17, 15) is 9.18 Å². The molecular weight excluding hydrogens is 322 g/mol. The second-order valence-electron chi connectivity index (χ2n) is 4.61. The molecule has 6 heteroatoms. The molecule has 1 aliphatic carbocycles. The number of carbonyl (C=O) groups excluding carboxylic acids is 1. The van der Waals surface area contributed by atoms with Gasteiger partial charge in [0.2, 0.25) is 0 Å². The van der Waals surface area contributed by atoms with E-state index < -0.39 is 0 Å². The van der Waals surface area contributed by atoms with E-state index in [1.165, 1.54) is 18.2 Å². The van der Waals surface area contributed by atoms with Crippen molar-refractivity contribution >= 4 is 34.2 Å². The van der Waals surface area contributed by atoms with Crippen molar-refractivity contribution < 1.29 is 9.18 Å². The van der Waals surface area contributed by atoms with Crippen LogP contribution in [0.4, 0.5) is 4.39 Å². The standard InChI is InChI=1S/C12H12BrFN2O.ClH/c13-10-3-6(14)1-2-7(10)12(17)16-11-8-4-15-5-9(8)11;/h1-3,8-9,11,15H,4-5H2,(H,16,17);1H. The van der Waals surface area contributed by atoms with Crippen LogP contribution in [0.1, 0.15) is 10.4 Å². The van der Waals surface area contributed by atoms with Gasteiger partial charge in [-0.05, 0) is 46.0 Å². The Bertz CT molecular complexity index is 475. The first kappa shape index (κ1) is 13.8. The molecule has 2 unspecified atom stereocenters. The van der Waals surface area contributed by atoms with E-state index in [0.717, 1.165) is 13.1 Å². The zero-order chi connectivity index (χ0) is 12.0. The van der Waals surface area contributed by atoms with Crippen LogP contribution in [0.25, 0.3) is 0 Å². The van der Waals surface area contributed by atoms with Crippen molar-refractivity contribution in [1.29, 1.82) is 0 Å². The van der Waals surface area contributed by atoms with Crippen LogP contribution in [-0.4, -0.2) is 25.0 Å². The monoisotopic (exact) mass is 334 g/mol. The molecule has 1 saturated carbocycles. The zero-order valence-corrected chi connectivity index (χ0v) is 11.9. The molecule has 2 fully saturated rings. The highest BCUT2D eigenvalue weighted by Crippen LogP contribution is 2.41. The summed E-state index contributed by atoms with van der Waals surface area (Å²) in [5, 5.41) is 6.27. The van der Waals surface area contributed by atoms with Crippen molar-refractivity contribution in [3.05, 3.63) is 34.1 Å². The van der Waals surface area contributed by atoms with Gasteiger partial charge in [0, 0.05) is 23.6 Å². The summed E-state index contributed by atoms with van der Waals surface area (Å²) in [6.45, 7) is 1.97. The van der Waals surface area contributed by atoms with E-state index >= 15 is 0 Å². The SMILES string of the molecule is Cl.O=C(NC1C2CNCC21)c1ccc(F)cc1Br. The van der Waals surface area contributed by atoms with Crippen molar-refractivity contribution in [3.63, 3.8) is 0 Å². The van der Waals surface area contributed by atoms with Crippen LogP contribution in [0.2, 0.25) is 0 Å². The minimum atomic E-state index is -0.346. The van der Waals surface area contributed by atoms with Crippen molar-refractivity contribution in [1.82, 2.24) is 10.6 Å². The second kappa shape index (κ2) is 5.15. The Labute approximate surface area is 119 Å². The summed E-state index contributed by atoms with van der Waals surface area (Å²) >= 11 is 3.21. The molecule has 98 valence electrons. The third-order valence-corrected chi connectivity index (χ3v) is 4.22. The smallest absolute Gasteiger partial charge is 0.252 e. The van der Waals surface area contributed by atoms with Gasteiger partial charge in [-0.2, -0.15) is 0 Å². The van der Waals surface area contributed by atoms with Gasteiger partial charge in [-0.3, -0.25) is 4.79 Å². The summed E-state index contributed by atoms with van der Waals surface area (Å²) in [5.41, 5.74) is 0.490. The molecule has 18 heavy (non-hydrogen) atoms. The number of amides is 1. The van der Waals surface area contributed by atoms with Crippen molar-refractivity contribution in [2.24, 2.45) is 11.8 Å². The van der Waals surface area contributed by atoms with Crippen molar-refractivity contribution in [3.8, 4) is 0 Å². The predicted molar refractivity (Wildman–Crippen MR) is 72.5 cm³/mol. The molecule has 0 radical (unpaired) electrons. The maximum absolute atomic E-state index is 12.9. The minimum Gasteiger partial charge on any atom is -0.349 e. The number of hydrogen-bond donors (Lipinski definition) is 2. The van der Waals surface area contributed by atoms with Gasteiger partial charge in [-0.15, -0.1) is 12.4 Å². The molecule has 2 atom stereocenters. The van der Waals surface area contributed by atoms with E-state index in [2.05, 4.69) is 26.6 Å². The number of hydrogen-bond acceptors (Lipinski definition) is 2. The highest BCUT2D eigenvalue weighted by Gasteiger charge is 2.53. The van der Waals surface area contributed by atoms with Crippen LogP contribution in [0.5, 0.6) is 0 Å². The fourth-order valence-corrected chi connectivity index (χ4v) is 3.07. The average molecular weight is 336 g/mol. The van der Waals surface area contributed by atoms with Gasteiger partial charge in [0.25, 0.3) is 5.91 Å². The first-order chi connectivity index (χ1) is 8.16. The summed E-state index contributed by atoms with van der Waals surface area (Å²) in [4.78, 5) is 12.0. The number of fused-ring (bicyclic) bond motifs is 1. The number of nitrogens with one attached hydrogen (secondary N) is 2. The molecule has 1 heterocycles. The van der Waals surface area contributed by atoms with Crippen LogP contribution in [0.3, 0.4) is 0 Å². The molecule has 0 spiro atoms. The third kappa shape index (κ3) is 2.39. The van der Waals surface area contributed by atoms with Gasteiger partial charge in [0.15, 0.2) is 0 Å². The third-order valence-electron chi connectivity index (χ3n) is 3.57. The number of halogens is 3. The summed E-state index contributed by atoms with van der Waals surface area (Å²) < 4.78 is 13.4. The molecule has 0 bridgehead atoms. The molecular formula is C12H13BrClFN2O. The van der Waals surface area contributed by atoms with E-state index in [-0.39, 0.29) is 24.1 Å². The second-order valence-corrected chi connectivity index (χ2v) is 5.46. The Balaban J connectivity index is 0.00000120. The quantitative estimate of drug-likeness (QED) is 0.867. The first-order valence-corrected chi connectivity index (χ1v) is 6.43. The molecule has 3 rings (SSSR count). The fourth-order valence-electron chi connectivity index (χ4n) is 2.54. The first-order valence-electron chi connectivity index (χ1n) is 5.63. The van der Waals surface area contributed by atoms with Gasteiger partial charge < -0.3 is 10.6 Å². The Kier molecular flexibility index (Phi) is 3.94. The van der Waals surface area contributed by atoms with Gasteiger partial charge in [-0.1, -0.05) is 0 Å². The Morgan fingerprint density at radius 1 is 1.39 bits per heavy atom. The molecule has 1 aliphatic heterocycles. The molecule has 1 saturated heterocycles. The topological polar surface area (TPSA) is 41.1 Å². The van der Waals surface area contributed by atoms with Crippen LogP contribution in [-0.2, 0) is 0 Å². The van der Waals surface area contributed by atoms with Crippen LogP contribution in [0, 0.1) is 17.7 Å². The van der Waals surface area contributed by atoms with Gasteiger partial charge >= 0.3 is 0 Å². The van der Waals surface area contributed by atoms with E-state index in [1.54, 1.807) is 0 Å². The van der Waals surface area contributed by atoms with Crippen LogP contribution < -0.4 is 10.6 Å². The van der Waals surface area contributed by atoms with E-state index in [4.69, 9.17) is 0 Å². The highest BCUT2D eigenvalue weighted by molar-refractivity contribution is 9.10. The van der Waals surface area contributed by atoms with Gasteiger partial charge in [-0.25, -0.2) is 4.39 Å². The van der Waals surface area contributed by atoms with Gasteiger partial charge in [0.05, 0.1) is 5.56 Å². The maximum atomic E-state index is 12.9. The number of benzene rings is 1. The minimum absolute atomic E-state index is 0. The summed E-state index contributed by atoms with van der Waals surface area (Å²) in [6, 6.07) is 4.41.